The molecule has 0 atom stereocenters. The molecule has 4 heteroatoms. The van der Waals surface area contributed by atoms with Gasteiger partial charge in [-0.05, 0) is 37.0 Å². The molecule has 0 unspecified atom stereocenters. The minimum Gasteiger partial charge on any atom is -0.369 e. The van der Waals surface area contributed by atoms with E-state index >= 15 is 0 Å². The van der Waals surface area contributed by atoms with Crippen molar-refractivity contribution >= 4 is 16.6 Å². The third-order valence-electron chi connectivity index (χ3n) is 5.22. The molecule has 0 spiro atoms. The number of aromatic nitrogens is 2. The van der Waals surface area contributed by atoms with Crippen LogP contribution < -0.4 is 4.90 Å². The molecule has 4 nitrogen and oxygen atoms in total. The predicted molar refractivity (Wildman–Crippen MR) is 90.1 cm³/mol. The molecule has 2 aromatic rings. The zero-order chi connectivity index (χ0) is 14.8. The highest BCUT2D eigenvalue weighted by Gasteiger charge is 2.22. The molecule has 22 heavy (non-hydrogen) atoms. The maximum Gasteiger partial charge on any atom is 0.116 e. The summed E-state index contributed by atoms with van der Waals surface area (Å²) >= 11 is 0. The zero-order valence-electron chi connectivity index (χ0n) is 13.1. The monoisotopic (exact) mass is 296 g/mol. The summed E-state index contributed by atoms with van der Waals surface area (Å²) in [5.41, 5.74) is 2.33. The first kappa shape index (κ1) is 13.9. The fourth-order valence-electron chi connectivity index (χ4n) is 3.92. The lowest BCUT2D eigenvalue weighted by atomic mass is 10.1. The van der Waals surface area contributed by atoms with E-state index in [-0.39, 0.29) is 0 Å². The number of anilines is 1. The van der Waals surface area contributed by atoms with Gasteiger partial charge >= 0.3 is 0 Å². The summed E-state index contributed by atoms with van der Waals surface area (Å²) in [6.07, 6.45) is 9.31. The van der Waals surface area contributed by atoms with Crippen molar-refractivity contribution in [2.24, 2.45) is 5.92 Å². The van der Waals surface area contributed by atoms with Crippen molar-refractivity contribution in [2.75, 3.05) is 37.6 Å². The van der Waals surface area contributed by atoms with E-state index in [2.05, 4.69) is 38.0 Å². The summed E-state index contributed by atoms with van der Waals surface area (Å²) in [6, 6.07) is 6.53. The van der Waals surface area contributed by atoms with Crippen LogP contribution in [0.3, 0.4) is 0 Å². The van der Waals surface area contributed by atoms with Crippen molar-refractivity contribution in [3.8, 4) is 0 Å². The second kappa shape index (κ2) is 6.21. The number of hydrogen-bond acceptors (Lipinski definition) is 4. The minimum atomic E-state index is 0.962. The Labute approximate surface area is 132 Å². The molecule has 1 saturated heterocycles. The van der Waals surface area contributed by atoms with Crippen molar-refractivity contribution in [1.82, 2.24) is 14.9 Å². The summed E-state index contributed by atoms with van der Waals surface area (Å²) < 4.78 is 0. The van der Waals surface area contributed by atoms with Gasteiger partial charge in [0.15, 0.2) is 0 Å². The van der Waals surface area contributed by atoms with Crippen LogP contribution in [0.2, 0.25) is 0 Å². The molecule has 1 aromatic carbocycles. The molecule has 2 heterocycles. The number of rotatable bonds is 3. The van der Waals surface area contributed by atoms with E-state index in [0.29, 0.717) is 0 Å². The van der Waals surface area contributed by atoms with E-state index in [0.717, 1.165) is 29.9 Å². The van der Waals surface area contributed by atoms with Crippen LogP contribution in [0.15, 0.2) is 30.7 Å². The standard InChI is InChI=1S/C18H24N4/c1-2-4-15(3-1)13-21-7-9-22(10-8-21)17-5-6-18-16(11-17)12-19-14-20-18/h5-6,11-12,14-15H,1-4,7-10,13H2. The maximum atomic E-state index is 4.30. The summed E-state index contributed by atoms with van der Waals surface area (Å²) in [5.74, 6) is 0.962. The fourth-order valence-corrected chi connectivity index (χ4v) is 3.92. The van der Waals surface area contributed by atoms with E-state index in [4.69, 9.17) is 0 Å². The van der Waals surface area contributed by atoms with Crippen LogP contribution in [0, 0.1) is 5.92 Å². The molecular weight excluding hydrogens is 272 g/mol. The van der Waals surface area contributed by atoms with Crippen molar-refractivity contribution < 1.29 is 0 Å². The average molecular weight is 296 g/mol. The van der Waals surface area contributed by atoms with Gasteiger partial charge in [-0.15, -0.1) is 0 Å². The van der Waals surface area contributed by atoms with Crippen LogP contribution in [0.25, 0.3) is 10.9 Å². The largest absolute Gasteiger partial charge is 0.369 e. The van der Waals surface area contributed by atoms with Crippen LogP contribution in [0.4, 0.5) is 5.69 Å². The lowest BCUT2D eigenvalue weighted by Gasteiger charge is -2.37. The summed E-state index contributed by atoms with van der Waals surface area (Å²) in [7, 11) is 0. The van der Waals surface area contributed by atoms with Crippen LogP contribution in [-0.4, -0.2) is 47.6 Å². The molecule has 1 aliphatic carbocycles. The summed E-state index contributed by atoms with van der Waals surface area (Å²) in [4.78, 5) is 13.6. The molecule has 1 aliphatic heterocycles. The second-order valence-electron chi connectivity index (χ2n) is 6.70. The Balaban J connectivity index is 1.39. The molecule has 0 radical (unpaired) electrons. The van der Waals surface area contributed by atoms with Gasteiger partial charge in [0.1, 0.15) is 6.33 Å². The molecule has 1 aromatic heterocycles. The first-order valence-corrected chi connectivity index (χ1v) is 8.55. The highest BCUT2D eigenvalue weighted by Crippen LogP contribution is 2.26. The van der Waals surface area contributed by atoms with Crippen molar-refractivity contribution in [3.63, 3.8) is 0 Å². The third kappa shape index (κ3) is 2.93. The normalized spacial score (nSPS) is 20.8. The lowest BCUT2D eigenvalue weighted by Crippen LogP contribution is -2.47. The van der Waals surface area contributed by atoms with Crippen LogP contribution >= 0.6 is 0 Å². The summed E-state index contributed by atoms with van der Waals surface area (Å²) in [5, 5.41) is 1.13. The molecule has 4 rings (SSSR count). The van der Waals surface area contributed by atoms with Crippen LogP contribution in [-0.2, 0) is 0 Å². The SMILES string of the molecule is c1ncc2cc(N3CCN(CC4CCCC4)CC3)ccc2n1. The third-order valence-corrected chi connectivity index (χ3v) is 5.22. The van der Waals surface area contributed by atoms with Gasteiger partial charge in [-0.1, -0.05) is 12.8 Å². The summed E-state index contributed by atoms with van der Waals surface area (Å²) in [6.45, 7) is 5.97. The first-order chi connectivity index (χ1) is 10.9. The Morgan fingerprint density at radius 3 is 2.68 bits per heavy atom. The molecule has 2 aliphatic rings. The van der Waals surface area contributed by atoms with E-state index in [1.165, 1.54) is 51.0 Å². The van der Waals surface area contributed by atoms with Crippen LogP contribution in [0.1, 0.15) is 25.7 Å². The molecule has 0 bridgehead atoms. The number of fused-ring (bicyclic) bond motifs is 1. The average Bonchev–Trinajstić information content (AvgIpc) is 3.08. The lowest BCUT2D eigenvalue weighted by molar-refractivity contribution is 0.220. The molecule has 0 amide bonds. The number of hydrogen-bond donors (Lipinski definition) is 0. The van der Waals surface area contributed by atoms with Crippen molar-refractivity contribution in [2.45, 2.75) is 25.7 Å². The Morgan fingerprint density at radius 1 is 1.05 bits per heavy atom. The maximum absolute atomic E-state index is 4.30. The number of benzene rings is 1. The number of nitrogens with zero attached hydrogens (tertiary/aromatic N) is 4. The second-order valence-corrected chi connectivity index (χ2v) is 6.70. The van der Waals surface area contributed by atoms with Crippen LogP contribution in [0.5, 0.6) is 0 Å². The highest BCUT2D eigenvalue weighted by atomic mass is 15.3. The van der Waals surface area contributed by atoms with E-state index in [1.807, 2.05) is 6.20 Å². The Kier molecular flexibility index (Phi) is 3.94. The Bertz CT molecular complexity index is 628. The van der Waals surface area contributed by atoms with Gasteiger partial charge < -0.3 is 4.90 Å². The Morgan fingerprint density at radius 2 is 1.86 bits per heavy atom. The van der Waals surface area contributed by atoms with Gasteiger partial charge in [-0.25, -0.2) is 9.97 Å². The van der Waals surface area contributed by atoms with Gasteiger partial charge in [0.25, 0.3) is 0 Å². The molecule has 116 valence electrons. The minimum absolute atomic E-state index is 0.962. The highest BCUT2D eigenvalue weighted by molar-refractivity contribution is 5.81. The molecular formula is C18H24N4. The van der Waals surface area contributed by atoms with Gasteiger partial charge in [0.2, 0.25) is 0 Å². The first-order valence-electron chi connectivity index (χ1n) is 8.55. The van der Waals surface area contributed by atoms with Gasteiger partial charge in [-0.2, -0.15) is 0 Å². The smallest absolute Gasteiger partial charge is 0.116 e. The Hall–Kier alpha value is -1.68. The van der Waals surface area contributed by atoms with Gasteiger partial charge in [-0.3, -0.25) is 4.90 Å². The molecule has 2 fully saturated rings. The zero-order valence-corrected chi connectivity index (χ0v) is 13.1. The predicted octanol–water partition coefficient (Wildman–Crippen LogP) is 2.94. The van der Waals surface area contributed by atoms with Gasteiger partial charge in [0.05, 0.1) is 5.52 Å². The molecule has 1 saturated carbocycles. The number of piperazine rings is 1. The molecule has 0 N–H and O–H groups in total. The van der Waals surface area contributed by atoms with Crippen molar-refractivity contribution in [3.05, 3.63) is 30.7 Å². The van der Waals surface area contributed by atoms with E-state index in [1.54, 1.807) is 6.33 Å². The van der Waals surface area contributed by atoms with E-state index < -0.39 is 0 Å². The van der Waals surface area contributed by atoms with Gasteiger partial charge in [0, 0.05) is 50.0 Å². The van der Waals surface area contributed by atoms with E-state index in [9.17, 15) is 0 Å². The quantitative estimate of drug-likeness (QED) is 0.872. The topological polar surface area (TPSA) is 32.3 Å². The fraction of sp³-hybridized carbons (Fsp3) is 0.556. The van der Waals surface area contributed by atoms with Crippen molar-refractivity contribution in [1.29, 1.82) is 0 Å².